The van der Waals surface area contributed by atoms with Crippen molar-refractivity contribution in [1.82, 2.24) is 10.0 Å². The number of likely N-dealkylation sites (N-methyl/N-ethyl adjacent to an activating group) is 1. The van der Waals surface area contributed by atoms with E-state index in [2.05, 4.69) is 10.5 Å². The molecule has 0 fully saturated rings. The molecule has 0 unspecified atom stereocenters. The van der Waals surface area contributed by atoms with Gasteiger partial charge in [0.2, 0.25) is 5.91 Å². The summed E-state index contributed by atoms with van der Waals surface area (Å²) in [6, 6.07) is -0.838. The van der Waals surface area contributed by atoms with E-state index in [0.29, 0.717) is 0 Å². The number of rotatable bonds is 3. The van der Waals surface area contributed by atoms with E-state index in [1.54, 1.807) is 0 Å². The first-order valence-corrected chi connectivity index (χ1v) is 4.43. The molecule has 0 radical (unpaired) electrons. The van der Waals surface area contributed by atoms with Gasteiger partial charge >= 0.3 is 0 Å². The smallest absolute Gasteiger partial charge is 0.275 e. The van der Waals surface area contributed by atoms with Gasteiger partial charge in [-0.05, 0) is 6.92 Å². The molecule has 0 rings (SSSR count). The lowest BCUT2D eigenvalue weighted by Crippen LogP contribution is -2.46. The second kappa shape index (κ2) is 3.65. The Kier molecular flexibility index (Phi) is 3.43. The lowest BCUT2D eigenvalue weighted by molar-refractivity contribution is -0.121. The highest BCUT2D eigenvalue weighted by Gasteiger charge is 2.14. The number of hydrogen-bond donors (Lipinski definition) is 3. The number of nitrogens with one attached hydrogen (secondary N) is 2. The van der Waals surface area contributed by atoms with E-state index in [-0.39, 0.29) is 0 Å². The summed E-state index contributed by atoms with van der Waals surface area (Å²) in [5, 5.41) is 6.88. The van der Waals surface area contributed by atoms with E-state index < -0.39 is 22.2 Å². The molecule has 7 heteroatoms. The van der Waals surface area contributed by atoms with Gasteiger partial charge in [-0.15, -0.1) is 0 Å². The van der Waals surface area contributed by atoms with Crippen LogP contribution in [0.15, 0.2) is 0 Å². The number of carbonyl (C=O) groups is 1. The predicted octanol–water partition coefficient (Wildman–Crippen LogP) is -2.09. The van der Waals surface area contributed by atoms with Crippen LogP contribution < -0.4 is 15.2 Å². The van der Waals surface area contributed by atoms with Crippen LogP contribution in [0.2, 0.25) is 0 Å². The van der Waals surface area contributed by atoms with E-state index in [0.717, 1.165) is 0 Å². The van der Waals surface area contributed by atoms with E-state index >= 15 is 0 Å². The Hall–Kier alpha value is -0.660. The molecule has 0 aromatic rings. The zero-order valence-corrected chi connectivity index (χ0v) is 7.10. The third-order valence-corrected chi connectivity index (χ3v) is 1.66. The van der Waals surface area contributed by atoms with Crippen molar-refractivity contribution >= 4 is 16.1 Å². The number of nitrogens with two attached hydrogens (primary N) is 1. The van der Waals surface area contributed by atoms with Crippen LogP contribution in [-0.4, -0.2) is 27.4 Å². The molecule has 0 aromatic heterocycles. The zero-order valence-electron chi connectivity index (χ0n) is 6.29. The Morgan fingerprint density at radius 1 is 1.55 bits per heavy atom. The Labute approximate surface area is 65.3 Å². The van der Waals surface area contributed by atoms with Gasteiger partial charge in [-0.2, -0.15) is 13.1 Å². The van der Waals surface area contributed by atoms with Crippen LogP contribution in [0.4, 0.5) is 0 Å². The van der Waals surface area contributed by atoms with Crippen LogP contribution in [0.25, 0.3) is 0 Å². The molecule has 0 saturated heterocycles. The van der Waals surface area contributed by atoms with Crippen molar-refractivity contribution in [2.75, 3.05) is 7.05 Å². The monoisotopic (exact) mass is 181 g/mol. The SMILES string of the molecule is CNC(=O)[C@@H](C)NS(N)(=O)=O. The van der Waals surface area contributed by atoms with Gasteiger partial charge in [-0.1, -0.05) is 0 Å². The molecular formula is C4H11N3O3S. The minimum Gasteiger partial charge on any atom is -0.358 e. The summed E-state index contributed by atoms with van der Waals surface area (Å²) < 4.78 is 22.6. The fourth-order valence-electron chi connectivity index (χ4n) is 0.516. The molecule has 11 heavy (non-hydrogen) atoms. The molecule has 66 valence electrons. The molecule has 0 heterocycles. The number of amides is 1. The summed E-state index contributed by atoms with van der Waals surface area (Å²) in [4.78, 5) is 10.7. The molecular weight excluding hydrogens is 170 g/mol. The normalized spacial score (nSPS) is 14.1. The molecule has 1 atom stereocenters. The number of carbonyl (C=O) groups excluding carboxylic acids is 1. The molecule has 0 aromatic carbocycles. The van der Waals surface area contributed by atoms with E-state index in [9.17, 15) is 13.2 Å². The first-order valence-electron chi connectivity index (χ1n) is 2.88. The van der Waals surface area contributed by atoms with Gasteiger partial charge in [0, 0.05) is 7.05 Å². The lowest BCUT2D eigenvalue weighted by atomic mass is 10.3. The van der Waals surface area contributed by atoms with Crippen LogP contribution in [-0.2, 0) is 15.0 Å². The highest BCUT2D eigenvalue weighted by Crippen LogP contribution is 1.81. The summed E-state index contributed by atoms with van der Waals surface area (Å²) >= 11 is 0. The summed E-state index contributed by atoms with van der Waals surface area (Å²) in [6.45, 7) is 1.39. The summed E-state index contributed by atoms with van der Waals surface area (Å²) in [5.74, 6) is -0.431. The van der Waals surface area contributed by atoms with E-state index in [1.165, 1.54) is 14.0 Å². The van der Waals surface area contributed by atoms with Crippen LogP contribution in [0.1, 0.15) is 6.92 Å². The maximum Gasteiger partial charge on any atom is 0.275 e. The van der Waals surface area contributed by atoms with Gasteiger partial charge in [-0.25, -0.2) is 5.14 Å². The second-order valence-corrected chi connectivity index (χ2v) is 3.32. The number of hydrogen-bond acceptors (Lipinski definition) is 3. The minimum absolute atomic E-state index is 0.431. The van der Waals surface area contributed by atoms with Gasteiger partial charge < -0.3 is 5.32 Å². The Bertz CT molecular complexity index is 235. The summed E-state index contributed by atoms with van der Waals surface area (Å²) in [7, 11) is -2.38. The van der Waals surface area contributed by atoms with Crippen molar-refractivity contribution < 1.29 is 13.2 Å². The van der Waals surface area contributed by atoms with Crippen molar-refractivity contribution in [1.29, 1.82) is 0 Å². The molecule has 6 nitrogen and oxygen atoms in total. The van der Waals surface area contributed by atoms with E-state index in [4.69, 9.17) is 0 Å². The average molecular weight is 181 g/mol. The highest BCUT2D eigenvalue weighted by atomic mass is 32.2. The van der Waals surface area contributed by atoms with Crippen molar-refractivity contribution in [3.05, 3.63) is 0 Å². The first kappa shape index (κ1) is 10.3. The van der Waals surface area contributed by atoms with Crippen LogP contribution >= 0.6 is 0 Å². The minimum atomic E-state index is -3.79. The maximum atomic E-state index is 10.7. The Morgan fingerprint density at radius 2 is 2.00 bits per heavy atom. The standard InChI is InChI=1S/C4H11N3O3S/c1-3(4(8)6-2)7-11(5,9)10/h3,7H,1-2H3,(H,6,8)(H2,5,9,10)/t3-/m1/s1. The van der Waals surface area contributed by atoms with E-state index in [1.807, 2.05) is 4.72 Å². The quantitative estimate of drug-likeness (QED) is 0.465. The van der Waals surface area contributed by atoms with Gasteiger partial charge in [0.25, 0.3) is 10.2 Å². The van der Waals surface area contributed by atoms with Gasteiger partial charge in [-0.3, -0.25) is 4.79 Å². The Morgan fingerprint density at radius 3 is 2.27 bits per heavy atom. The van der Waals surface area contributed by atoms with Crippen molar-refractivity contribution in [3.8, 4) is 0 Å². The molecule has 0 saturated carbocycles. The second-order valence-electron chi connectivity index (χ2n) is 2.00. The van der Waals surface area contributed by atoms with Gasteiger partial charge in [0.1, 0.15) is 0 Å². The third-order valence-electron chi connectivity index (χ3n) is 0.981. The topological polar surface area (TPSA) is 101 Å². The summed E-state index contributed by atoms with van der Waals surface area (Å²) in [6.07, 6.45) is 0. The molecule has 0 bridgehead atoms. The van der Waals surface area contributed by atoms with Crippen molar-refractivity contribution in [2.45, 2.75) is 13.0 Å². The predicted molar refractivity (Wildman–Crippen MR) is 39.8 cm³/mol. The fraction of sp³-hybridized carbons (Fsp3) is 0.750. The molecule has 0 aliphatic heterocycles. The highest BCUT2D eigenvalue weighted by molar-refractivity contribution is 7.87. The zero-order chi connectivity index (χ0) is 9.07. The van der Waals surface area contributed by atoms with Crippen LogP contribution in [0.5, 0.6) is 0 Å². The average Bonchev–Trinajstić information content (AvgIpc) is 1.82. The first-order chi connectivity index (χ1) is 4.87. The summed E-state index contributed by atoms with van der Waals surface area (Å²) in [5.41, 5.74) is 0. The maximum absolute atomic E-state index is 10.7. The molecule has 0 aliphatic rings. The van der Waals surface area contributed by atoms with Gasteiger partial charge in [0.15, 0.2) is 0 Å². The fourth-order valence-corrected chi connectivity index (χ4v) is 1.12. The molecule has 0 aliphatic carbocycles. The lowest BCUT2D eigenvalue weighted by Gasteiger charge is -2.08. The third kappa shape index (κ3) is 4.71. The van der Waals surface area contributed by atoms with Crippen LogP contribution in [0.3, 0.4) is 0 Å². The molecule has 0 spiro atoms. The Balaban J connectivity index is 4.09. The van der Waals surface area contributed by atoms with Crippen molar-refractivity contribution in [2.24, 2.45) is 5.14 Å². The molecule has 4 N–H and O–H groups in total. The largest absolute Gasteiger partial charge is 0.358 e. The van der Waals surface area contributed by atoms with Gasteiger partial charge in [0.05, 0.1) is 6.04 Å². The molecule has 1 amide bonds. The van der Waals surface area contributed by atoms with Crippen molar-refractivity contribution in [3.63, 3.8) is 0 Å². The van der Waals surface area contributed by atoms with Crippen LogP contribution in [0, 0.1) is 0 Å².